The number of halogens is 1. The summed E-state index contributed by atoms with van der Waals surface area (Å²) in [6.07, 6.45) is 0. The molecule has 17 heavy (non-hydrogen) atoms. The van der Waals surface area contributed by atoms with Crippen LogP contribution in [-0.2, 0) is 4.79 Å². The van der Waals surface area contributed by atoms with E-state index < -0.39 is 5.41 Å². The summed E-state index contributed by atoms with van der Waals surface area (Å²) in [6.45, 7) is 5.43. The number of H-pyrrole nitrogens is 1. The number of aromatic amines is 1. The molecule has 5 heteroatoms. The highest BCUT2D eigenvalue weighted by atomic mass is 19.1. The van der Waals surface area contributed by atoms with Crippen molar-refractivity contribution >= 4 is 22.9 Å². The zero-order valence-corrected chi connectivity index (χ0v) is 9.97. The SMILES string of the molecule is CC(C)(C)C(=O)Nc1nc2cc(F)ccc2[nH]1. The fraction of sp³-hybridized carbons (Fsp3) is 0.333. The van der Waals surface area contributed by atoms with Crippen molar-refractivity contribution in [2.75, 3.05) is 5.32 Å². The highest BCUT2D eigenvalue weighted by Gasteiger charge is 2.22. The third kappa shape index (κ3) is 2.43. The Morgan fingerprint density at radius 1 is 1.41 bits per heavy atom. The number of carbonyl (C=O) groups excluding carboxylic acids is 1. The van der Waals surface area contributed by atoms with Crippen molar-refractivity contribution in [2.24, 2.45) is 5.41 Å². The monoisotopic (exact) mass is 235 g/mol. The van der Waals surface area contributed by atoms with Crippen LogP contribution in [0.25, 0.3) is 11.0 Å². The Morgan fingerprint density at radius 2 is 2.12 bits per heavy atom. The van der Waals surface area contributed by atoms with Gasteiger partial charge in [-0.25, -0.2) is 9.37 Å². The molecule has 1 aromatic carbocycles. The number of fused-ring (bicyclic) bond motifs is 1. The molecular formula is C12H14FN3O. The van der Waals surface area contributed by atoms with E-state index in [4.69, 9.17) is 0 Å². The summed E-state index contributed by atoms with van der Waals surface area (Å²) < 4.78 is 13.0. The summed E-state index contributed by atoms with van der Waals surface area (Å²) in [5.41, 5.74) is 0.689. The summed E-state index contributed by atoms with van der Waals surface area (Å²) in [6, 6.07) is 4.25. The van der Waals surface area contributed by atoms with Gasteiger partial charge in [0.05, 0.1) is 11.0 Å². The first kappa shape index (κ1) is 11.6. The van der Waals surface area contributed by atoms with Crippen LogP contribution in [0.2, 0.25) is 0 Å². The van der Waals surface area contributed by atoms with Gasteiger partial charge >= 0.3 is 0 Å². The molecule has 0 spiro atoms. The number of imidazole rings is 1. The van der Waals surface area contributed by atoms with Crippen LogP contribution < -0.4 is 5.32 Å². The summed E-state index contributed by atoms with van der Waals surface area (Å²) in [7, 11) is 0. The van der Waals surface area contributed by atoms with E-state index in [0.29, 0.717) is 17.0 Å². The van der Waals surface area contributed by atoms with E-state index in [1.807, 2.05) is 20.8 Å². The maximum absolute atomic E-state index is 13.0. The second-order valence-electron chi connectivity index (χ2n) is 4.95. The van der Waals surface area contributed by atoms with E-state index in [2.05, 4.69) is 15.3 Å². The van der Waals surface area contributed by atoms with Gasteiger partial charge in [0.2, 0.25) is 11.9 Å². The quantitative estimate of drug-likeness (QED) is 0.798. The molecule has 0 aliphatic carbocycles. The van der Waals surface area contributed by atoms with Crippen molar-refractivity contribution in [3.63, 3.8) is 0 Å². The number of amides is 1. The molecule has 0 radical (unpaired) electrons. The molecule has 2 rings (SSSR count). The molecule has 1 heterocycles. The lowest BCUT2D eigenvalue weighted by Gasteiger charge is -2.15. The Kier molecular flexibility index (Phi) is 2.61. The van der Waals surface area contributed by atoms with Crippen molar-refractivity contribution in [3.8, 4) is 0 Å². The number of nitrogens with zero attached hydrogens (tertiary/aromatic N) is 1. The van der Waals surface area contributed by atoms with Crippen LogP contribution in [0.4, 0.5) is 10.3 Å². The largest absolute Gasteiger partial charge is 0.324 e. The van der Waals surface area contributed by atoms with Crippen molar-refractivity contribution < 1.29 is 9.18 Å². The number of aromatic nitrogens is 2. The fourth-order valence-electron chi connectivity index (χ4n) is 1.33. The molecule has 2 aromatic rings. The third-order valence-electron chi connectivity index (χ3n) is 2.36. The lowest BCUT2D eigenvalue weighted by atomic mass is 9.96. The second-order valence-corrected chi connectivity index (χ2v) is 4.95. The van der Waals surface area contributed by atoms with Gasteiger partial charge in [-0.3, -0.25) is 10.1 Å². The van der Waals surface area contributed by atoms with Gasteiger partial charge in [-0.2, -0.15) is 0 Å². The standard InChI is InChI=1S/C12H14FN3O/c1-12(2,3)10(17)16-11-14-8-5-4-7(13)6-9(8)15-11/h4-6H,1-3H3,(H2,14,15,16,17). The first-order valence-corrected chi connectivity index (χ1v) is 5.33. The average Bonchev–Trinajstić information content (AvgIpc) is 2.57. The summed E-state index contributed by atoms with van der Waals surface area (Å²) >= 11 is 0. The molecule has 0 aliphatic rings. The van der Waals surface area contributed by atoms with Crippen LogP contribution in [0.15, 0.2) is 18.2 Å². The van der Waals surface area contributed by atoms with E-state index >= 15 is 0 Å². The zero-order valence-electron chi connectivity index (χ0n) is 9.97. The van der Waals surface area contributed by atoms with Gasteiger partial charge < -0.3 is 4.98 Å². The van der Waals surface area contributed by atoms with Crippen molar-refractivity contribution in [3.05, 3.63) is 24.0 Å². The van der Waals surface area contributed by atoms with Gasteiger partial charge in [-0.05, 0) is 12.1 Å². The topological polar surface area (TPSA) is 57.8 Å². The highest BCUT2D eigenvalue weighted by Crippen LogP contribution is 2.19. The minimum Gasteiger partial charge on any atom is -0.324 e. The normalized spacial score (nSPS) is 11.8. The number of nitrogens with one attached hydrogen (secondary N) is 2. The first-order valence-electron chi connectivity index (χ1n) is 5.33. The maximum atomic E-state index is 13.0. The molecule has 0 saturated heterocycles. The van der Waals surface area contributed by atoms with Crippen LogP contribution in [0, 0.1) is 11.2 Å². The Morgan fingerprint density at radius 3 is 2.76 bits per heavy atom. The number of hydrogen-bond acceptors (Lipinski definition) is 2. The van der Waals surface area contributed by atoms with Gasteiger partial charge in [-0.1, -0.05) is 20.8 Å². The third-order valence-corrected chi connectivity index (χ3v) is 2.36. The molecule has 0 saturated carbocycles. The Bertz CT molecular complexity index is 569. The Hall–Kier alpha value is -1.91. The fourth-order valence-corrected chi connectivity index (χ4v) is 1.33. The van der Waals surface area contributed by atoms with E-state index in [1.165, 1.54) is 12.1 Å². The van der Waals surface area contributed by atoms with Gasteiger partial charge in [0, 0.05) is 11.5 Å². The lowest BCUT2D eigenvalue weighted by molar-refractivity contribution is -0.123. The van der Waals surface area contributed by atoms with Crippen LogP contribution >= 0.6 is 0 Å². The zero-order chi connectivity index (χ0) is 12.6. The van der Waals surface area contributed by atoms with Gasteiger partial charge in [-0.15, -0.1) is 0 Å². The molecular weight excluding hydrogens is 221 g/mol. The molecule has 4 nitrogen and oxygen atoms in total. The van der Waals surface area contributed by atoms with Crippen molar-refractivity contribution in [1.82, 2.24) is 9.97 Å². The van der Waals surface area contributed by atoms with Crippen molar-refractivity contribution in [2.45, 2.75) is 20.8 Å². The van der Waals surface area contributed by atoms with Gasteiger partial charge in [0.25, 0.3) is 0 Å². The molecule has 2 N–H and O–H groups in total. The number of rotatable bonds is 1. The molecule has 0 atom stereocenters. The van der Waals surface area contributed by atoms with Crippen LogP contribution in [0.1, 0.15) is 20.8 Å². The van der Waals surface area contributed by atoms with E-state index in [9.17, 15) is 9.18 Å². The molecule has 1 aromatic heterocycles. The minimum absolute atomic E-state index is 0.142. The molecule has 0 unspecified atom stereocenters. The van der Waals surface area contributed by atoms with Crippen molar-refractivity contribution in [1.29, 1.82) is 0 Å². The maximum Gasteiger partial charge on any atom is 0.232 e. The highest BCUT2D eigenvalue weighted by molar-refractivity contribution is 5.94. The lowest BCUT2D eigenvalue weighted by Crippen LogP contribution is -2.28. The number of anilines is 1. The van der Waals surface area contributed by atoms with E-state index in [-0.39, 0.29) is 11.7 Å². The molecule has 0 fully saturated rings. The number of hydrogen-bond donors (Lipinski definition) is 2. The summed E-state index contributed by atoms with van der Waals surface area (Å²) in [5.74, 6) is -0.153. The molecule has 0 aliphatic heterocycles. The number of carbonyl (C=O) groups is 1. The molecule has 0 bridgehead atoms. The second kappa shape index (κ2) is 3.84. The van der Waals surface area contributed by atoms with E-state index in [0.717, 1.165) is 0 Å². The molecule has 90 valence electrons. The van der Waals surface area contributed by atoms with Gasteiger partial charge in [0.1, 0.15) is 5.82 Å². The van der Waals surface area contributed by atoms with Crippen LogP contribution in [0.3, 0.4) is 0 Å². The van der Waals surface area contributed by atoms with E-state index in [1.54, 1.807) is 6.07 Å². The van der Waals surface area contributed by atoms with Crippen LogP contribution in [0.5, 0.6) is 0 Å². The minimum atomic E-state index is -0.496. The Labute approximate surface area is 98.2 Å². The predicted octanol–water partition coefficient (Wildman–Crippen LogP) is 2.69. The van der Waals surface area contributed by atoms with Gasteiger partial charge in [0.15, 0.2) is 0 Å². The first-order chi connectivity index (χ1) is 7.86. The smallest absolute Gasteiger partial charge is 0.232 e. The Balaban J connectivity index is 2.29. The molecule has 1 amide bonds. The summed E-state index contributed by atoms with van der Waals surface area (Å²) in [5, 5.41) is 2.66. The number of benzene rings is 1. The average molecular weight is 235 g/mol. The summed E-state index contributed by atoms with van der Waals surface area (Å²) in [4.78, 5) is 18.7. The van der Waals surface area contributed by atoms with Crippen LogP contribution in [-0.4, -0.2) is 15.9 Å². The predicted molar refractivity (Wildman–Crippen MR) is 64.1 cm³/mol.